The van der Waals surface area contributed by atoms with E-state index in [9.17, 15) is 9.59 Å². The van der Waals surface area contributed by atoms with Crippen molar-refractivity contribution in [2.75, 3.05) is 13.1 Å². The molecule has 1 aliphatic rings. The summed E-state index contributed by atoms with van der Waals surface area (Å²) in [6.07, 6.45) is 0.501. The second kappa shape index (κ2) is 6.69. The van der Waals surface area contributed by atoms with Gasteiger partial charge in [0, 0.05) is 23.5 Å². The Hall–Kier alpha value is -2.27. The topological polar surface area (TPSA) is 69.6 Å². The zero-order valence-electron chi connectivity index (χ0n) is 13.3. The first-order chi connectivity index (χ1) is 11.5. The average molecular weight is 347 g/mol. The molecule has 2 N–H and O–H groups in total. The summed E-state index contributed by atoms with van der Waals surface area (Å²) < 4.78 is 0. The van der Waals surface area contributed by atoms with Crippen molar-refractivity contribution in [2.45, 2.75) is 19.4 Å². The van der Waals surface area contributed by atoms with Crippen molar-refractivity contribution in [2.24, 2.45) is 5.92 Å². The van der Waals surface area contributed by atoms with Crippen LogP contribution in [0.5, 0.6) is 0 Å². The Morgan fingerprint density at radius 1 is 1.25 bits per heavy atom. The first-order valence-electron chi connectivity index (χ1n) is 7.92. The van der Waals surface area contributed by atoms with Gasteiger partial charge in [-0.15, -0.1) is 0 Å². The number of hydrogen-bond acceptors (Lipinski definition) is 2. The number of fused-ring (bicyclic) bond motifs is 1. The van der Waals surface area contributed by atoms with Crippen LogP contribution in [0.4, 0.5) is 4.79 Å². The number of halogens is 1. The van der Waals surface area contributed by atoms with Crippen molar-refractivity contribution in [1.82, 2.24) is 10.2 Å². The molecule has 1 aliphatic heterocycles. The number of nitrogens with zero attached hydrogens (tertiary/aromatic N) is 1. The molecular weight excluding hydrogens is 328 g/mol. The van der Waals surface area contributed by atoms with Gasteiger partial charge in [-0.1, -0.05) is 41.9 Å². The SMILES string of the molecule is CC(NC(=O)N1CCC(C(=O)O)C1)c1ccc(Cl)c2ccccc12. The van der Waals surface area contributed by atoms with Gasteiger partial charge in [0.05, 0.1) is 12.0 Å². The molecule has 0 spiro atoms. The minimum atomic E-state index is -0.845. The Balaban J connectivity index is 1.76. The lowest BCUT2D eigenvalue weighted by atomic mass is 10.00. The molecule has 0 aromatic heterocycles. The predicted octanol–water partition coefficient (Wildman–Crippen LogP) is 3.67. The number of aliphatic carboxylic acids is 1. The normalized spacial score (nSPS) is 18.6. The quantitative estimate of drug-likeness (QED) is 0.890. The molecule has 2 amide bonds. The maximum absolute atomic E-state index is 12.4. The highest BCUT2D eigenvalue weighted by molar-refractivity contribution is 6.35. The summed E-state index contributed by atoms with van der Waals surface area (Å²) in [6.45, 7) is 2.64. The molecule has 2 aromatic rings. The summed E-state index contributed by atoms with van der Waals surface area (Å²) in [5.74, 6) is -1.32. The summed E-state index contributed by atoms with van der Waals surface area (Å²) >= 11 is 6.24. The fourth-order valence-electron chi connectivity index (χ4n) is 3.16. The summed E-state index contributed by atoms with van der Waals surface area (Å²) in [5.41, 5.74) is 0.984. The number of likely N-dealkylation sites (tertiary alicyclic amines) is 1. The highest BCUT2D eigenvalue weighted by Gasteiger charge is 2.31. The van der Waals surface area contributed by atoms with Gasteiger partial charge in [0.1, 0.15) is 0 Å². The summed E-state index contributed by atoms with van der Waals surface area (Å²) in [4.78, 5) is 25.0. The van der Waals surface area contributed by atoms with Crippen molar-refractivity contribution in [3.05, 3.63) is 47.0 Å². The lowest BCUT2D eigenvalue weighted by Crippen LogP contribution is -2.40. The maximum atomic E-state index is 12.4. The van der Waals surface area contributed by atoms with Crippen LogP contribution >= 0.6 is 11.6 Å². The second-order valence-corrected chi connectivity index (χ2v) is 6.53. The van der Waals surface area contributed by atoms with E-state index < -0.39 is 11.9 Å². The Labute approximate surface area is 145 Å². The van der Waals surface area contributed by atoms with Crippen LogP contribution in [0.3, 0.4) is 0 Å². The highest BCUT2D eigenvalue weighted by atomic mass is 35.5. The van der Waals surface area contributed by atoms with E-state index >= 15 is 0 Å². The monoisotopic (exact) mass is 346 g/mol. The number of amides is 2. The third-order valence-corrected chi connectivity index (χ3v) is 4.87. The summed E-state index contributed by atoms with van der Waals surface area (Å²) in [6, 6.07) is 11.1. The number of benzene rings is 2. The molecule has 1 fully saturated rings. The molecule has 5 nitrogen and oxygen atoms in total. The second-order valence-electron chi connectivity index (χ2n) is 6.12. The number of hydrogen-bond donors (Lipinski definition) is 2. The third-order valence-electron chi connectivity index (χ3n) is 4.54. The lowest BCUT2D eigenvalue weighted by Gasteiger charge is -2.22. The minimum Gasteiger partial charge on any atom is -0.481 e. The zero-order valence-corrected chi connectivity index (χ0v) is 14.1. The first kappa shape index (κ1) is 16.6. The van der Waals surface area contributed by atoms with Crippen LogP contribution in [0.2, 0.25) is 5.02 Å². The van der Waals surface area contributed by atoms with Gasteiger partial charge in [-0.2, -0.15) is 0 Å². The van der Waals surface area contributed by atoms with Gasteiger partial charge in [-0.3, -0.25) is 4.79 Å². The van der Waals surface area contributed by atoms with E-state index in [1.54, 1.807) is 4.90 Å². The summed E-state index contributed by atoms with van der Waals surface area (Å²) in [5, 5.41) is 14.6. The van der Waals surface area contributed by atoms with Crippen LogP contribution in [0.25, 0.3) is 10.8 Å². The van der Waals surface area contributed by atoms with E-state index in [2.05, 4.69) is 5.32 Å². The van der Waals surface area contributed by atoms with Crippen LogP contribution in [0, 0.1) is 5.92 Å². The van der Waals surface area contributed by atoms with E-state index in [4.69, 9.17) is 16.7 Å². The van der Waals surface area contributed by atoms with Gasteiger partial charge >= 0.3 is 12.0 Å². The molecule has 24 heavy (non-hydrogen) atoms. The fourth-order valence-corrected chi connectivity index (χ4v) is 3.39. The van der Waals surface area contributed by atoms with Crippen molar-refractivity contribution in [1.29, 1.82) is 0 Å². The number of carbonyl (C=O) groups excluding carboxylic acids is 1. The van der Waals surface area contributed by atoms with Crippen molar-refractivity contribution < 1.29 is 14.7 Å². The van der Waals surface area contributed by atoms with Gasteiger partial charge in [0.2, 0.25) is 0 Å². The smallest absolute Gasteiger partial charge is 0.317 e. The van der Waals surface area contributed by atoms with E-state index in [1.807, 2.05) is 43.3 Å². The molecule has 0 radical (unpaired) electrons. The Kier molecular flexibility index (Phi) is 4.62. The molecule has 3 rings (SSSR count). The fraction of sp³-hybridized carbons (Fsp3) is 0.333. The number of nitrogens with one attached hydrogen (secondary N) is 1. The Morgan fingerprint density at radius 2 is 1.96 bits per heavy atom. The number of carbonyl (C=O) groups is 2. The van der Waals surface area contributed by atoms with E-state index in [-0.39, 0.29) is 18.6 Å². The molecule has 0 aliphatic carbocycles. The molecule has 2 aromatic carbocycles. The molecule has 126 valence electrons. The standard InChI is InChI=1S/C18H19ClN2O3/c1-11(20-18(24)21-9-8-12(10-21)17(22)23)13-6-7-16(19)15-5-3-2-4-14(13)15/h2-7,11-12H,8-10H2,1H3,(H,20,24)(H,22,23). The van der Waals surface area contributed by atoms with Gasteiger partial charge in [0.25, 0.3) is 0 Å². The van der Waals surface area contributed by atoms with Gasteiger partial charge in [-0.05, 0) is 30.4 Å². The average Bonchev–Trinajstić information content (AvgIpc) is 3.06. The van der Waals surface area contributed by atoms with Crippen LogP contribution in [0.1, 0.15) is 24.9 Å². The molecule has 2 atom stereocenters. The molecule has 1 heterocycles. The molecular formula is C18H19ClN2O3. The Morgan fingerprint density at radius 3 is 2.62 bits per heavy atom. The van der Waals surface area contributed by atoms with Crippen LogP contribution in [-0.2, 0) is 4.79 Å². The zero-order chi connectivity index (χ0) is 17.3. The van der Waals surface area contributed by atoms with Gasteiger partial charge in [-0.25, -0.2) is 4.79 Å². The number of urea groups is 1. The third kappa shape index (κ3) is 3.17. The summed E-state index contributed by atoms with van der Waals surface area (Å²) in [7, 11) is 0. The molecule has 0 saturated carbocycles. The van der Waals surface area contributed by atoms with Crippen molar-refractivity contribution >= 4 is 34.4 Å². The first-order valence-corrected chi connectivity index (χ1v) is 8.30. The number of rotatable bonds is 3. The van der Waals surface area contributed by atoms with Crippen molar-refractivity contribution in [3.63, 3.8) is 0 Å². The van der Waals surface area contributed by atoms with Crippen LogP contribution in [0.15, 0.2) is 36.4 Å². The van der Waals surface area contributed by atoms with Gasteiger partial charge < -0.3 is 15.3 Å². The highest BCUT2D eigenvalue weighted by Crippen LogP contribution is 2.30. The number of carboxylic acids is 1. The Bertz CT molecular complexity index is 793. The molecule has 2 unspecified atom stereocenters. The van der Waals surface area contributed by atoms with Crippen molar-refractivity contribution in [3.8, 4) is 0 Å². The maximum Gasteiger partial charge on any atom is 0.317 e. The van der Waals surface area contributed by atoms with E-state index in [0.29, 0.717) is 18.0 Å². The van der Waals surface area contributed by atoms with Gasteiger partial charge in [0.15, 0.2) is 0 Å². The van der Waals surface area contributed by atoms with E-state index in [0.717, 1.165) is 16.3 Å². The largest absolute Gasteiger partial charge is 0.481 e. The van der Waals surface area contributed by atoms with E-state index in [1.165, 1.54) is 0 Å². The molecule has 0 bridgehead atoms. The van der Waals surface area contributed by atoms with Crippen LogP contribution < -0.4 is 5.32 Å². The van der Waals surface area contributed by atoms with Crippen LogP contribution in [-0.4, -0.2) is 35.1 Å². The molecule has 1 saturated heterocycles. The minimum absolute atomic E-state index is 0.205. The molecule has 6 heteroatoms. The number of carboxylic acid groups (broad SMARTS) is 1. The lowest BCUT2D eigenvalue weighted by molar-refractivity contribution is -0.141. The predicted molar refractivity (Wildman–Crippen MR) is 93.2 cm³/mol.